The lowest BCUT2D eigenvalue weighted by molar-refractivity contribution is -0.147. The number of carboxylic acid groups (broad SMARTS) is 1. The predicted molar refractivity (Wildman–Crippen MR) is 83.7 cm³/mol. The highest BCUT2D eigenvalue weighted by molar-refractivity contribution is 7.23. The minimum absolute atomic E-state index is 0.00139. The molecule has 6 nitrogen and oxygen atoms in total. The summed E-state index contributed by atoms with van der Waals surface area (Å²) in [6.07, 6.45) is 0. The first-order valence-corrected chi connectivity index (χ1v) is 8.46. The van der Waals surface area contributed by atoms with Crippen LogP contribution in [0.3, 0.4) is 0 Å². The van der Waals surface area contributed by atoms with Crippen LogP contribution < -0.4 is 0 Å². The quantitative estimate of drug-likeness (QED) is 0.911. The van der Waals surface area contributed by atoms with Gasteiger partial charge in [-0.15, -0.1) is 22.7 Å². The molecule has 1 fully saturated rings. The number of amides is 1. The number of halogens is 1. The van der Waals surface area contributed by atoms with Gasteiger partial charge < -0.3 is 14.7 Å². The Kier molecular flexibility index (Phi) is 4.44. The molecular weight excluding hydrogens is 348 g/mol. The van der Waals surface area contributed by atoms with Crippen LogP contribution in [0.4, 0.5) is 0 Å². The molecule has 0 saturated carbocycles. The summed E-state index contributed by atoms with van der Waals surface area (Å²) in [6.45, 7) is 0.569. The molecule has 1 saturated heterocycles. The van der Waals surface area contributed by atoms with Crippen LogP contribution in [0.2, 0.25) is 4.34 Å². The molecule has 0 bridgehead atoms. The Hall–Kier alpha value is -1.48. The van der Waals surface area contributed by atoms with E-state index >= 15 is 0 Å². The molecule has 1 N–H and O–H groups in total. The highest BCUT2D eigenvalue weighted by Crippen LogP contribution is 2.33. The van der Waals surface area contributed by atoms with E-state index in [9.17, 15) is 14.7 Å². The molecule has 2 aromatic heterocycles. The topological polar surface area (TPSA) is 79.7 Å². The summed E-state index contributed by atoms with van der Waals surface area (Å²) < 4.78 is 5.78. The number of morpholine rings is 1. The third-order valence-corrected chi connectivity index (χ3v) is 5.42. The second kappa shape index (κ2) is 6.33. The van der Waals surface area contributed by atoms with E-state index in [1.54, 1.807) is 11.4 Å². The van der Waals surface area contributed by atoms with Gasteiger partial charge in [0, 0.05) is 11.9 Å². The van der Waals surface area contributed by atoms with Gasteiger partial charge in [0.2, 0.25) is 0 Å². The Bertz CT molecular complexity index is 714. The van der Waals surface area contributed by atoms with Gasteiger partial charge in [-0.3, -0.25) is 4.79 Å². The van der Waals surface area contributed by atoms with Gasteiger partial charge in [-0.2, -0.15) is 0 Å². The first-order valence-electron chi connectivity index (χ1n) is 6.39. The molecular formula is C13H11ClN2O4S2. The van der Waals surface area contributed by atoms with Gasteiger partial charge in [-0.25, -0.2) is 9.78 Å². The summed E-state index contributed by atoms with van der Waals surface area (Å²) in [5.41, 5.74) is 0.248. The number of ether oxygens (including phenoxy) is 1. The molecule has 1 aliphatic heterocycles. The van der Waals surface area contributed by atoms with E-state index in [0.29, 0.717) is 16.0 Å². The zero-order chi connectivity index (χ0) is 15.7. The second-order valence-electron chi connectivity index (χ2n) is 4.57. The summed E-state index contributed by atoms with van der Waals surface area (Å²) in [5.74, 6) is -1.46. The van der Waals surface area contributed by atoms with Crippen LogP contribution in [-0.2, 0) is 9.53 Å². The van der Waals surface area contributed by atoms with Crippen molar-refractivity contribution in [3.8, 4) is 9.88 Å². The standard InChI is InChI=1S/C13H11ClN2O4S2/c14-10-2-1-9(22-10)11-15-7(6-21-11)12(17)16-3-4-20-5-8(16)13(18)19/h1-2,6,8H,3-5H2,(H,18,19)/t8-/m1/s1. The van der Waals surface area contributed by atoms with Gasteiger partial charge in [-0.05, 0) is 12.1 Å². The molecule has 1 atom stereocenters. The maximum atomic E-state index is 12.5. The van der Waals surface area contributed by atoms with Gasteiger partial charge in [0.1, 0.15) is 10.7 Å². The fourth-order valence-corrected chi connectivity index (χ4v) is 4.02. The molecule has 3 rings (SSSR count). The van der Waals surface area contributed by atoms with Crippen molar-refractivity contribution in [1.29, 1.82) is 0 Å². The lowest BCUT2D eigenvalue weighted by Crippen LogP contribution is -2.52. The fraction of sp³-hybridized carbons (Fsp3) is 0.308. The molecule has 0 aromatic carbocycles. The number of thiazole rings is 1. The zero-order valence-electron chi connectivity index (χ0n) is 11.2. The first-order chi connectivity index (χ1) is 10.6. The molecule has 0 spiro atoms. The molecule has 1 aliphatic rings. The van der Waals surface area contributed by atoms with Crippen LogP contribution in [0.1, 0.15) is 10.5 Å². The molecule has 1 amide bonds. The van der Waals surface area contributed by atoms with Crippen molar-refractivity contribution in [1.82, 2.24) is 9.88 Å². The maximum Gasteiger partial charge on any atom is 0.328 e. The van der Waals surface area contributed by atoms with Gasteiger partial charge in [0.15, 0.2) is 6.04 Å². The lowest BCUT2D eigenvalue weighted by Gasteiger charge is -2.32. The molecule has 116 valence electrons. The Labute approximate surface area is 138 Å². The van der Waals surface area contributed by atoms with Gasteiger partial charge in [-0.1, -0.05) is 11.6 Å². The Balaban J connectivity index is 1.83. The van der Waals surface area contributed by atoms with E-state index in [-0.39, 0.29) is 24.8 Å². The Morgan fingerprint density at radius 1 is 1.45 bits per heavy atom. The molecule has 9 heteroatoms. The van der Waals surface area contributed by atoms with E-state index in [1.807, 2.05) is 6.07 Å². The monoisotopic (exact) mass is 358 g/mol. The molecule has 0 radical (unpaired) electrons. The average Bonchev–Trinajstić information content (AvgIpc) is 3.15. The Morgan fingerprint density at radius 2 is 2.27 bits per heavy atom. The number of hydrogen-bond donors (Lipinski definition) is 1. The molecule has 3 heterocycles. The van der Waals surface area contributed by atoms with E-state index in [4.69, 9.17) is 16.3 Å². The molecule has 22 heavy (non-hydrogen) atoms. The number of nitrogens with zero attached hydrogens (tertiary/aromatic N) is 2. The van der Waals surface area contributed by atoms with E-state index in [1.165, 1.54) is 27.6 Å². The third kappa shape index (κ3) is 3.00. The minimum Gasteiger partial charge on any atom is -0.480 e. The van der Waals surface area contributed by atoms with Crippen LogP contribution in [0.15, 0.2) is 17.5 Å². The molecule has 2 aromatic rings. The number of rotatable bonds is 3. The van der Waals surface area contributed by atoms with Crippen molar-refractivity contribution < 1.29 is 19.4 Å². The van der Waals surface area contributed by atoms with E-state index in [0.717, 1.165) is 4.88 Å². The second-order valence-corrected chi connectivity index (χ2v) is 7.14. The van der Waals surface area contributed by atoms with Crippen LogP contribution in [0, 0.1) is 0 Å². The van der Waals surface area contributed by atoms with Crippen molar-refractivity contribution >= 4 is 46.2 Å². The number of aromatic nitrogens is 1. The summed E-state index contributed by atoms with van der Waals surface area (Å²) in [6, 6.07) is 2.64. The van der Waals surface area contributed by atoms with Crippen LogP contribution >= 0.6 is 34.3 Å². The van der Waals surface area contributed by atoms with Crippen LogP contribution in [-0.4, -0.2) is 52.7 Å². The SMILES string of the molecule is O=C(O)[C@H]1COCCN1C(=O)c1csc(-c2ccc(Cl)s2)n1. The van der Waals surface area contributed by atoms with Crippen molar-refractivity contribution in [2.24, 2.45) is 0 Å². The first kappa shape index (κ1) is 15.4. The fourth-order valence-electron chi connectivity index (χ4n) is 2.11. The maximum absolute atomic E-state index is 12.5. The summed E-state index contributed by atoms with van der Waals surface area (Å²) in [7, 11) is 0. The van der Waals surface area contributed by atoms with E-state index in [2.05, 4.69) is 4.98 Å². The number of carbonyl (C=O) groups excluding carboxylic acids is 1. The minimum atomic E-state index is -1.08. The summed E-state index contributed by atoms with van der Waals surface area (Å²) in [5, 5.41) is 11.5. The van der Waals surface area contributed by atoms with Crippen LogP contribution in [0.5, 0.6) is 0 Å². The number of carbonyl (C=O) groups is 2. The number of hydrogen-bond acceptors (Lipinski definition) is 6. The lowest BCUT2D eigenvalue weighted by atomic mass is 10.2. The van der Waals surface area contributed by atoms with Crippen molar-refractivity contribution in [3.63, 3.8) is 0 Å². The number of aliphatic carboxylic acids is 1. The summed E-state index contributed by atoms with van der Waals surface area (Å²) in [4.78, 5) is 30.2. The van der Waals surface area contributed by atoms with E-state index < -0.39 is 12.0 Å². The van der Waals surface area contributed by atoms with Crippen molar-refractivity contribution in [2.45, 2.75) is 6.04 Å². The number of thiophene rings is 1. The highest BCUT2D eigenvalue weighted by Gasteiger charge is 2.34. The smallest absolute Gasteiger partial charge is 0.328 e. The van der Waals surface area contributed by atoms with Gasteiger partial charge in [0.25, 0.3) is 5.91 Å². The Morgan fingerprint density at radius 3 is 2.95 bits per heavy atom. The molecule has 0 unspecified atom stereocenters. The zero-order valence-corrected chi connectivity index (χ0v) is 13.6. The van der Waals surface area contributed by atoms with Gasteiger partial charge >= 0.3 is 5.97 Å². The largest absolute Gasteiger partial charge is 0.480 e. The average molecular weight is 359 g/mol. The van der Waals surface area contributed by atoms with Crippen molar-refractivity contribution in [2.75, 3.05) is 19.8 Å². The van der Waals surface area contributed by atoms with Crippen LogP contribution in [0.25, 0.3) is 9.88 Å². The summed E-state index contributed by atoms with van der Waals surface area (Å²) >= 11 is 8.61. The predicted octanol–water partition coefficient (Wildman–Crippen LogP) is 2.45. The normalized spacial score (nSPS) is 18.4. The molecule has 0 aliphatic carbocycles. The third-order valence-electron chi connectivity index (χ3n) is 3.18. The highest BCUT2D eigenvalue weighted by atomic mass is 35.5. The number of carboxylic acids is 1. The van der Waals surface area contributed by atoms with Crippen molar-refractivity contribution in [3.05, 3.63) is 27.5 Å². The van der Waals surface area contributed by atoms with Gasteiger partial charge in [0.05, 0.1) is 22.4 Å².